The molecular formula is C14H18BrNO3. The van der Waals surface area contributed by atoms with Crippen LogP contribution in [0.15, 0.2) is 28.7 Å². The molecule has 0 spiro atoms. The second-order valence-corrected chi connectivity index (χ2v) is 6.01. The minimum atomic E-state index is -0.852. The Morgan fingerprint density at radius 3 is 2.37 bits per heavy atom. The van der Waals surface area contributed by atoms with Crippen LogP contribution in [-0.2, 0) is 16.0 Å². The molecule has 0 saturated carbocycles. The quantitative estimate of drug-likeness (QED) is 0.844. The van der Waals surface area contributed by atoms with Crippen molar-refractivity contribution in [2.45, 2.75) is 26.7 Å². The van der Waals surface area contributed by atoms with Crippen molar-refractivity contribution in [3.63, 3.8) is 0 Å². The summed E-state index contributed by atoms with van der Waals surface area (Å²) in [5.74, 6) is -0.946. The molecule has 1 aromatic rings. The zero-order chi connectivity index (χ0) is 14.5. The third-order valence-electron chi connectivity index (χ3n) is 2.93. The number of carboxylic acids is 1. The number of amides is 1. The predicted molar refractivity (Wildman–Crippen MR) is 76.9 cm³/mol. The Balaban J connectivity index is 2.36. The molecular weight excluding hydrogens is 310 g/mol. The maximum absolute atomic E-state index is 11.7. The minimum Gasteiger partial charge on any atom is -0.481 e. The third-order valence-corrected chi connectivity index (χ3v) is 3.46. The lowest BCUT2D eigenvalue weighted by molar-refractivity contribution is -0.147. The van der Waals surface area contributed by atoms with Gasteiger partial charge >= 0.3 is 5.97 Å². The van der Waals surface area contributed by atoms with E-state index in [2.05, 4.69) is 21.2 Å². The van der Waals surface area contributed by atoms with Gasteiger partial charge in [0.2, 0.25) is 5.91 Å². The van der Waals surface area contributed by atoms with Gasteiger partial charge in [0.1, 0.15) is 0 Å². The highest BCUT2D eigenvalue weighted by Crippen LogP contribution is 2.19. The van der Waals surface area contributed by atoms with Crippen LogP contribution < -0.4 is 5.32 Å². The van der Waals surface area contributed by atoms with Gasteiger partial charge in [0, 0.05) is 11.0 Å². The van der Waals surface area contributed by atoms with Crippen LogP contribution in [0.5, 0.6) is 0 Å². The van der Waals surface area contributed by atoms with Crippen molar-refractivity contribution < 1.29 is 14.7 Å². The molecule has 0 atom stereocenters. The summed E-state index contributed by atoms with van der Waals surface area (Å²) in [5, 5.41) is 11.7. The van der Waals surface area contributed by atoms with Gasteiger partial charge in [-0.05, 0) is 38.0 Å². The molecule has 5 heteroatoms. The van der Waals surface area contributed by atoms with E-state index in [9.17, 15) is 9.59 Å². The van der Waals surface area contributed by atoms with E-state index in [-0.39, 0.29) is 5.91 Å². The molecule has 0 aromatic heterocycles. The van der Waals surface area contributed by atoms with Crippen molar-refractivity contribution in [2.24, 2.45) is 5.41 Å². The average molecular weight is 328 g/mol. The molecule has 4 nitrogen and oxygen atoms in total. The van der Waals surface area contributed by atoms with E-state index >= 15 is 0 Å². The normalized spacial score (nSPS) is 11.1. The van der Waals surface area contributed by atoms with Gasteiger partial charge in [-0.15, -0.1) is 0 Å². The number of carbonyl (C=O) groups is 2. The fourth-order valence-electron chi connectivity index (χ4n) is 1.47. The number of carbonyl (C=O) groups excluding carboxylic acids is 1. The maximum Gasteiger partial charge on any atom is 0.309 e. The monoisotopic (exact) mass is 327 g/mol. The highest BCUT2D eigenvalue weighted by Gasteiger charge is 2.26. The number of hydrogen-bond acceptors (Lipinski definition) is 2. The van der Waals surface area contributed by atoms with Crippen molar-refractivity contribution in [2.75, 3.05) is 6.54 Å². The standard InChI is InChI=1S/C14H18BrNO3/c1-14(2,13(18)19)7-8-16-12(17)9-10-3-5-11(15)6-4-10/h3-6H,7-9H2,1-2H3,(H,16,17)(H,18,19). The number of hydrogen-bond donors (Lipinski definition) is 2. The van der Waals surface area contributed by atoms with Gasteiger partial charge < -0.3 is 10.4 Å². The fraction of sp³-hybridized carbons (Fsp3) is 0.429. The summed E-state index contributed by atoms with van der Waals surface area (Å²) in [6.07, 6.45) is 0.717. The smallest absolute Gasteiger partial charge is 0.309 e. The highest BCUT2D eigenvalue weighted by atomic mass is 79.9. The van der Waals surface area contributed by atoms with Gasteiger partial charge in [0.15, 0.2) is 0 Å². The van der Waals surface area contributed by atoms with Crippen molar-refractivity contribution in [1.29, 1.82) is 0 Å². The zero-order valence-corrected chi connectivity index (χ0v) is 12.7. The Morgan fingerprint density at radius 1 is 1.26 bits per heavy atom. The summed E-state index contributed by atoms with van der Waals surface area (Å²) in [4.78, 5) is 22.6. The highest BCUT2D eigenvalue weighted by molar-refractivity contribution is 9.10. The summed E-state index contributed by atoms with van der Waals surface area (Å²) in [7, 11) is 0. The van der Waals surface area contributed by atoms with Gasteiger partial charge in [-0.1, -0.05) is 28.1 Å². The molecule has 0 bridgehead atoms. The van der Waals surface area contributed by atoms with Gasteiger partial charge in [-0.2, -0.15) is 0 Å². The third kappa shape index (κ3) is 5.42. The Hall–Kier alpha value is -1.36. The summed E-state index contributed by atoms with van der Waals surface area (Å²) < 4.78 is 0.972. The Morgan fingerprint density at radius 2 is 1.84 bits per heavy atom. The van der Waals surface area contributed by atoms with Crippen LogP contribution in [0, 0.1) is 5.41 Å². The molecule has 0 saturated heterocycles. The molecule has 0 aliphatic carbocycles. The summed E-state index contributed by atoms with van der Waals surface area (Å²) in [5.41, 5.74) is 0.114. The van der Waals surface area contributed by atoms with Gasteiger partial charge in [0.25, 0.3) is 0 Å². The molecule has 1 rings (SSSR count). The van der Waals surface area contributed by atoms with Crippen molar-refractivity contribution in [3.8, 4) is 0 Å². The van der Waals surface area contributed by atoms with E-state index in [0.29, 0.717) is 19.4 Å². The number of carboxylic acid groups (broad SMARTS) is 1. The van der Waals surface area contributed by atoms with Crippen LogP contribution in [0.4, 0.5) is 0 Å². The lowest BCUT2D eigenvalue weighted by atomic mass is 9.90. The summed E-state index contributed by atoms with van der Waals surface area (Å²) in [6.45, 7) is 3.67. The molecule has 1 aromatic carbocycles. The molecule has 0 aliphatic rings. The molecule has 1 amide bonds. The average Bonchev–Trinajstić information content (AvgIpc) is 2.31. The Bertz CT molecular complexity index is 454. The van der Waals surface area contributed by atoms with Gasteiger partial charge in [0.05, 0.1) is 11.8 Å². The Kier molecular flexibility index (Phi) is 5.54. The van der Waals surface area contributed by atoms with E-state index < -0.39 is 11.4 Å². The van der Waals surface area contributed by atoms with Crippen molar-refractivity contribution >= 4 is 27.8 Å². The summed E-state index contributed by atoms with van der Waals surface area (Å²) in [6, 6.07) is 7.53. The molecule has 0 heterocycles. The first-order valence-corrected chi connectivity index (χ1v) is 6.85. The molecule has 0 fully saturated rings. The van der Waals surface area contributed by atoms with E-state index in [4.69, 9.17) is 5.11 Å². The Labute approximate surface area is 121 Å². The van der Waals surface area contributed by atoms with Crippen LogP contribution in [0.2, 0.25) is 0 Å². The lowest BCUT2D eigenvalue weighted by Crippen LogP contribution is -2.32. The topological polar surface area (TPSA) is 66.4 Å². The molecule has 0 unspecified atom stereocenters. The minimum absolute atomic E-state index is 0.0940. The largest absolute Gasteiger partial charge is 0.481 e. The van der Waals surface area contributed by atoms with Gasteiger partial charge in [-0.25, -0.2) is 0 Å². The van der Waals surface area contributed by atoms with Crippen molar-refractivity contribution in [1.82, 2.24) is 5.32 Å². The number of benzene rings is 1. The lowest BCUT2D eigenvalue weighted by Gasteiger charge is -2.18. The number of halogens is 1. The van der Waals surface area contributed by atoms with E-state index in [1.165, 1.54) is 0 Å². The first-order valence-electron chi connectivity index (χ1n) is 6.06. The van der Waals surface area contributed by atoms with E-state index in [1.807, 2.05) is 24.3 Å². The van der Waals surface area contributed by atoms with Crippen LogP contribution in [0.3, 0.4) is 0 Å². The predicted octanol–water partition coefficient (Wildman–Crippen LogP) is 2.61. The van der Waals surface area contributed by atoms with Crippen LogP contribution in [0.1, 0.15) is 25.8 Å². The van der Waals surface area contributed by atoms with Crippen molar-refractivity contribution in [3.05, 3.63) is 34.3 Å². The fourth-order valence-corrected chi connectivity index (χ4v) is 1.74. The van der Waals surface area contributed by atoms with Crippen LogP contribution >= 0.6 is 15.9 Å². The zero-order valence-electron chi connectivity index (χ0n) is 11.1. The number of rotatable bonds is 6. The van der Waals surface area contributed by atoms with Gasteiger partial charge in [-0.3, -0.25) is 9.59 Å². The second kappa shape index (κ2) is 6.70. The molecule has 104 valence electrons. The number of nitrogens with one attached hydrogen (secondary N) is 1. The first kappa shape index (κ1) is 15.7. The second-order valence-electron chi connectivity index (χ2n) is 5.09. The van der Waals surface area contributed by atoms with Crippen LogP contribution in [-0.4, -0.2) is 23.5 Å². The molecule has 19 heavy (non-hydrogen) atoms. The molecule has 0 radical (unpaired) electrons. The number of aliphatic carboxylic acids is 1. The van der Waals surface area contributed by atoms with E-state index in [0.717, 1.165) is 10.0 Å². The SMILES string of the molecule is CC(C)(CCNC(=O)Cc1ccc(Br)cc1)C(=O)O. The maximum atomic E-state index is 11.7. The molecule has 2 N–H and O–H groups in total. The summed E-state index contributed by atoms with van der Waals surface area (Å²) >= 11 is 3.33. The van der Waals surface area contributed by atoms with E-state index in [1.54, 1.807) is 13.8 Å². The first-order chi connectivity index (χ1) is 8.81. The van der Waals surface area contributed by atoms with Crippen LogP contribution in [0.25, 0.3) is 0 Å². The molecule has 0 aliphatic heterocycles.